The lowest BCUT2D eigenvalue weighted by Crippen LogP contribution is -2.19. The standard InChI is InChI=1S/C22H21F2N5O2/c23-14-2-1-3-15(24)20(14)17-5-4-16(25)21(28-17)22(30)29-18-11-27-9-7-19(18)31-12-13-6-8-26-10-13/h1-5,7,9,11,13,26H,6,8,10,12,25H2,(H,29,30). The Morgan fingerprint density at radius 3 is 2.77 bits per heavy atom. The molecule has 0 spiro atoms. The molecule has 0 bridgehead atoms. The summed E-state index contributed by atoms with van der Waals surface area (Å²) in [7, 11) is 0. The van der Waals surface area contributed by atoms with Gasteiger partial charge in [0.05, 0.1) is 29.7 Å². The molecular weight excluding hydrogens is 404 g/mol. The quantitative estimate of drug-likeness (QED) is 0.560. The molecule has 1 aliphatic heterocycles. The molecule has 1 unspecified atom stereocenters. The Labute approximate surface area is 177 Å². The van der Waals surface area contributed by atoms with Crippen LogP contribution in [0.5, 0.6) is 5.75 Å². The summed E-state index contributed by atoms with van der Waals surface area (Å²) >= 11 is 0. The summed E-state index contributed by atoms with van der Waals surface area (Å²) in [4.78, 5) is 21.0. The topological polar surface area (TPSA) is 102 Å². The number of pyridine rings is 2. The van der Waals surface area contributed by atoms with Gasteiger partial charge in [0.15, 0.2) is 5.69 Å². The fourth-order valence-corrected chi connectivity index (χ4v) is 3.38. The van der Waals surface area contributed by atoms with Crippen molar-refractivity contribution >= 4 is 17.3 Å². The Hall–Kier alpha value is -3.59. The van der Waals surface area contributed by atoms with E-state index in [1.807, 2.05) is 0 Å². The van der Waals surface area contributed by atoms with Crippen LogP contribution in [0.3, 0.4) is 0 Å². The van der Waals surface area contributed by atoms with Crippen LogP contribution in [-0.2, 0) is 0 Å². The average molecular weight is 425 g/mol. The van der Waals surface area contributed by atoms with E-state index in [4.69, 9.17) is 10.5 Å². The lowest BCUT2D eigenvalue weighted by molar-refractivity contribution is 0.102. The number of carbonyl (C=O) groups excluding carboxylic acids is 1. The first-order chi connectivity index (χ1) is 15.0. The molecule has 1 saturated heterocycles. The van der Waals surface area contributed by atoms with Gasteiger partial charge >= 0.3 is 0 Å². The first-order valence-corrected chi connectivity index (χ1v) is 9.82. The summed E-state index contributed by atoms with van der Waals surface area (Å²) in [5.74, 6) is -1.36. The Morgan fingerprint density at radius 2 is 2.03 bits per heavy atom. The van der Waals surface area contributed by atoms with E-state index < -0.39 is 17.5 Å². The number of halogens is 2. The monoisotopic (exact) mass is 425 g/mol. The van der Waals surface area contributed by atoms with Gasteiger partial charge in [-0.25, -0.2) is 13.8 Å². The molecule has 2 aromatic heterocycles. The van der Waals surface area contributed by atoms with Crippen molar-refractivity contribution in [3.05, 3.63) is 66.1 Å². The van der Waals surface area contributed by atoms with Crippen molar-refractivity contribution in [2.24, 2.45) is 5.92 Å². The molecule has 1 fully saturated rings. The van der Waals surface area contributed by atoms with Crippen LogP contribution in [-0.4, -0.2) is 35.6 Å². The minimum Gasteiger partial charge on any atom is -0.491 e. The normalized spacial score (nSPS) is 15.6. The molecule has 9 heteroatoms. The number of nitrogens with one attached hydrogen (secondary N) is 2. The molecule has 160 valence electrons. The van der Waals surface area contributed by atoms with E-state index in [0.29, 0.717) is 24.0 Å². The van der Waals surface area contributed by atoms with Crippen molar-refractivity contribution in [2.45, 2.75) is 6.42 Å². The maximum absolute atomic E-state index is 14.1. The van der Waals surface area contributed by atoms with Gasteiger partial charge in [0.1, 0.15) is 23.1 Å². The maximum Gasteiger partial charge on any atom is 0.276 e. The number of carbonyl (C=O) groups is 1. The average Bonchev–Trinajstić information content (AvgIpc) is 3.28. The number of ether oxygens (including phenoxy) is 1. The maximum atomic E-state index is 14.1. The molecule has 7 nitrogen and oxygen atoms in total. The highest BCUT2D eigenvalue weighted by Crippen LogP contribution is 2.28. The van der Waals surface area contributed by atoms with Crippen molar-refractivity contribution in [3.63, 3.8) is 0 Å². The molecule has 4 N–H and O–H groups in total. The van der Waals surface area contributed by atoms with Gasteiger partial charge in [0.2, 0.25) is 0 Å². The highest BCUT2D eigenvalue weighted by atomic mass is 19.1. The lowest BCUT2D eigenvalue weighted by Gasteiger charge is -2.15. The summed E-state index contributed by atoms with van der Waals surface area (Å²) in [6, 6.07) is 7.90. The van der Waals surface area contributed by atoms with Crippen LogP contribution < -0.4 is 21.1 Å². The van der Waals surface area contributed by atoms with E-state index in [1.54, 1.807) is 12.3 Å². The molecule has 0 aliphatic carbocycles. The van der Waals surface area contributed by atoms with Crippen LogP contribution in [0.2, 0.25) is 0 Å². The van der Waals surface area contributed by atoms with Gasteiger partial charge in [-0.2, -0.15) is 0 Å². The number of amides is 1. The van der Waals surface area contributed by atoms with E-state index in [-0.39, 0.29) is 22.6 Å². The number of benzene rings is 1. The molecular formula is C22H21F2N5O2. The van der Waals surface area contributed by atoms with Gasteiger partial charge in [-0.15, -0.1) is 0 Å². The highest BCUT2D eigenvalue weighted by Gasteiger charge is 2.20. The van der Waals surface area contributed by atoms with Crippen LogP contribution >= 0.6 is 0 Å². The molecule has 3 aromatic rings. The molecule has 0 radical (unpaired) electrons. The van der Waals surface area contributed by atoms with E-state index >= 15 is 0 Å². The van der Waals surface area contributed by atoms with E-state index in [1.165, 1.54) is 24.4 Å². The third kappa shape index (κ3) is 4.61. The number of nitrogens with zero attached hydrogens (tertiary/aromatic N) is 2. The van der Waals surface area contributed by atoms with Crippen LogP contribution in [0.4, 0.5) is 20.2 Å². The fraction of sp³-hybridized carbons (Fsp3) is 0.227. The van der Waals surface area contributed by atoms with Crippen molar-refractivity contribution < 1.29 is 18.3 Å². The molecule has 1 amide bonds. The molecule has 4 rings (SSSR count). The number of rotatable bonds is 6. The first kappa shape index (κ1) is 20.7. The summed E-state index contributed by atoms with van der Waals surface area (Å²) in [5, 5.41) is 5.95. The second kappa shape index (κ2) is 9.05. The van der Waals surface area contributed by atoms with Crippen molar-refractivity contribution in [1.82, 2.24) is 15.3 Å². The predicted octanol–water partition coefficient (Wildman–Crippen LogP) is 3.24. The SMILES string of the molecule is Nc1ccc(-c2c(F)cccc2F)nc1C(=O)Nc1cnccc1OCC1CCNC1. The van der Waals surface area contributed by atoms with Crippen molar-refractivity contribution in [2.75, 3.05) is 30.7 Å². The minimum atomic E-state index is -0.784. The number of hydrogen-bond acceptors (Lipinski definition) is 6. The summed E-state index contributed by atoms with van der Waals surface area (Å²) in [6.45, 7) is 2.34. The smallest absolute Gasteiger partial charge is 0.276 e. The lowest BCUT2D eigenvalue weighted by atomic mass is 10.1. The first-order valence-electron chi connectivity index (χ1n) is 9.82. The molecule has 1 aliphatic rings. The minimum absolute atomic E-state index is 0.0358. The zero-order chi connectivity index (χ0) is 21.8. The second-order valence-electron chi connectivity index (χ2n) is 7.23. The number of anilines is 2. The van der Waals surface area contributed by atoms with Gasteiger partial charge in [0, 0.05) is 24.7 Å². The van der Waals surface area contributed by atoms with Crippen LogP contribution in [0, 0.1) is 17.6 Å². The van der Waals surface area contributed by atoms with Crippen molar-refractivity contribution in [1.29, 1.82) is 0 Å². The second-order valence-corrected chi connectivity index (χ2v) is 7.23. The largest absolute Gasteiger partial charge is 0.491 e. The fourth-order valence-electron chi connectivity index (χ4n) is 3.38. The van der Waals surface area contributed by atoms with Gasteiger partial charge in [-0.05, 0) is 37.2 Å². The zero-order valence-electron chi connectivity index (χ0n) is 16.6. The summed E-state index contributed by atoms with van der Waals surface area (Å²) in [5.41, 5.74) is 5.81. The van der Waals surface area contributed by atoms with Gasteiger partial charge in [-0.1, -0.05) is 6.07 Å². The predicted molar refractivity (Wildman–Crippen MR) is 113 cm³/mol. The number of hydrogen-bond donors (Lipinski definition) is 3. The molecule has 1 atom stereocenters. The van der Waals surface area contributed by atoms with E-state index in [0.717, 1.165) is 31.6 Å². The molecule has 3 heterocycles. The van der Waals surface area contributed by atoms with Crippen LogP contribution in [0.25, 0.3) is 11.3 Å². The molecule has 31 heavy (non-hydrogen) atoms. The number of aromatic nitrogens is 2. The van der Waals surface area contributed by atoms with Crippen LogP contribution in [0.1, 0.15) is 16.9 Å². The molecule has 0 saturated carbocycles. The van der Waals surface area contributed by atoms with E-state index in [2.05, 4.69) is 20.6 Å². The zero-order valence-corrected chi connectivity index (χ0v) is 16.6. The van der Waals surface area contributed by atoms with Gasteiger partial charge in [-0.3, -0.25) is 9.78 Å². The Kier molecular flexibility index (Phi) is 6.03. The van der Waals surface area contributed by atoms with E-state index in [9.17, 15) is 13.6 Å². The summed E-state index contributed by atoms with van der Waals surface area (Å²) < 4.78 is 34.1. The number of nitrogens with two attached hydrogens (primary N) is 1. The molecule has 1 aromatic carbocycles. The van der Waals surface area contributed by atoms with Crippen LogP contribution in [0.15, 0.2) is 48.8 Å². The Balaban J connectivity index is 1.57. The van der Waals surface area contributed by atoms with Gasteiger partial charge in [0.25, 0.3) is 5.91 Å². The Morgan fingerprint density at radius 1 is 1.23 bits per heavy atom. The highest BCUT2D eigenvalue weighted by molar-refractivity contribution is 6.07. The third-order valence-electron chi connectivity index (χ3n) is 5.03. The van der Waals surface area contributed by atoms with Crippen molar-refractivity contribution in [3.8, 4) is 17.0 Å². The Bertz CT molecular complexity index is 1080. The third-order valence-corrected chi connectivity index (χ3v) is 5.03. The number of nitrogen functional groups attached to an aromatic ring is 1. The summed E-state index contributed by atoms with van der Waals surface area (Å²) in [6.07, 6.45) is 4.04. The van der Waals surface area contributed by atoms with Gasteiger partial charge < -0.3 is 21.1 Å².